The van der Waals surface area contributed by atoms with E-state index in [0.717, 1.165) is 19.3 Å². The molecule has 8 heteroatoms. The van der Waals surface area contributed by atoms with E-state index < -0.39 is 35.0 Å². The summed E-state index contributed by atoms with van der Waals surface area (Å²) in [6, 6.07) is -0.816. The molecule has 3 rings (SSSR count). The number of ether oxygens (including phenoxy) is 1. The van der Waals surface area contributed by atoms with Crippen molar-refractivity contribution in [2.75, 3.05) is 26.2 Å². The first-order valence-electron chi connectivity index (χ1n) is 12.1. The molecule has 0 radical (unpaired) electrons. The Hall–Kier alpha value is -1.93. The molecule has 180 valence electrons. The number of aliphatic hydroxyl groups excluding tert-OH is 1. The van der Waals surface area contributed by atoms with Crippen molar-refractivity contribution in [2.24, 2.45) is 11.8 Å². The lowest BCUT2D eigenvalue weighted by Crippen LogP contribution is -2.56. The summed E-state index contributed by atoms with van der Waals surface area (Å²) in [5, 5.41) is 19.2. The van der Waals surface area contributed by atoms with Gasteiger partial charge in [0.15, 0.2) is 0 Å². The smallest absolute Gasteiger partial charge is 0.310 e. The molecule has 2 amide bonds. The fourth-order valence-corrected chi connectivity index (χ4v) is 6.15. The number of aliphatic carboxylic acids is 1. The van der Waals surface area contributed by atoms with Gasteiger partial charge in [0.2, 0.25) is 11.8 Å². The second-order valence-corrected chi connectivity index (χ2v) is 9.41. The Kier molecular flexibility index (Phi) is 7.65. The normalized spacial score (nSPS) is 32.9. The van der Waals surface area contributed by atoms with Gasteiger partial charge in [0.1, 0.15) is 17.6 Å². The number of rotatable bonds is 13. The summed E-state index contributed by atoms with van der Waals surface area (Å²) in [6.07, 6.45) is 7.01. The Morgan fingerprint density at radius 3 is 2.59 bits per heavy atom. The molecule has 1 spiro atoms. The third-order valence-corrected chi connectivity index (χ3v) is 7.68. The van der Waals surface area contributed by atoms with Crippen LogP contribution in [0.15, 0.2) is 12.7 Å². The first-order chi connectivity index (χ1) is 15.3. The van der Waals surface area contributed by atoms with E-state index in [1.807, 2.05) is 6.92 Å². The van der Waals surface area contributed by atoms with Crippen molar-refractivity contribution in [1.29, 1.82) is 0 Å². The van der Waals surface area contributed by atoms with Crippen molar-refractivity contribution in [1.82, 2.24) is 9.80 Å². The summed E-state index contributed by atoms with van der Waals surface area (Å²) < 4.78 is 6.53. The maximum Gasteiger partial charge on any atom is 0.310 e. The number of hydrogen-bond acceptors (Lipinski definition) is 5. The van der Waals surface area contributed by atoms with Crippen LogP contribution in [-0.4, -0.2) is 81.3 Å². The van der Waals surface area contributed by atoms with Crippen molar-refractivity contribution >= 4 is 17.8 Å². The van der Waals surface area contributed by atoms with Crippen LogP contribution in [0, 0.1) is 11.8 Å². The second-order valence-electron chi connectivity index (χ2n) is 9.41. The van der Waals surface area contributed by atoms with Gasteiger partial charge in [-0.1, -0.05) is 26.3 Å². The van der Waals surface area contributed by atoms with Crippen LogP contribution in [0.5, 0.6) is 0 Å². The van der Waals surface area contributed by atoms with Crippen molar-refractivity contribution in [3.8, 4) is 0 Å². The van der Waals surface area contributed by atoms with E-state index in [1.165, 1.54) is 0 Å². The van der Waals surface area contributed by atoms with E-state index in [0.29, 0.717) is 51.7 Å². The summed E-state index contributed by atoms with van der Waals surface area (Å²) >= 11 is 0. The van der Waals surface area contributed by atoms with Gasteiger partial charge in [-0.3, -0.25) is 14.4 Å². The molecule has 8 nitrogen and oxygen atoms in total. The zero-order valence-corrected chi connectivity index (χ0v) is 19.4. The number of carboxylic acid groups (broad SMARTS) is 1. The van der Waals surface area contributed by atoms with Gasteiger partial charge in [0.05, 0.1) is 11.5 Å². The van der Waals surface area contributed by atoms with Crippen molar-refractivity contribution in [3.63, 3.8) is 0 Å². The highest BCUT2D eigenvalue weighted by Crippen LogP contribution is 2.64. The molecule has 32 heavy (non-hydrogen) atoms. The molecular formula is C24H38N2O6. The largest absolute Gasteiger partial charge is 0.481 e. The molecular weight excluding hydrogens is 412 g/mol. The standard InChI is InChI=1S/C24H38N2O6/c1-4-7-14-25(13-5-2)21(29)19-24-12-11-23(6-3,32-24)18(22(30)31)17(24)20(28)26(19)15-9-8-10-16-27/h5,17-19,27H,2,4,6-16H2,1,3H3,(H,30,31)/t17-,18+,19?,23-,24?/m0/s1. The molecule has 0 aromatic carbocycles. The Morgan fingerprint density at radius 2 is 2.00 bits per heavy atom. The zero-order valence-electron chi connectivity index (χ0n) is 19.4. The Bertz CT molecular complexity index is 742. The summed E-state index contributed by atoms with van der Waals surface area (Å²) in [4.78, 5) is 43.2. The maximum atomic E-state index is 13.9. The van der Waals surface area contributed by atoms with Gasteiger partial charge in [0.25, 0.3) is 0 Å². The number of amides is 2. The van der Waals surface area contributed by atoms with Gasteiger partial charge < -0.3 is 24.7 Å². The predicted molar refractivity (Wildman–Crippen MR) is 119 cm³/mol. The maximum absolute atomic E-state index is 13.9. The molecule has 0 aromatic rings. The van der Waals surface area contributed by atoms with Crippen LogP contribution in [0.1, 0.15) is 65.2 Å². The zero-order chi connectivity index (χ0) is 23.5. The number of hydrogen-bond donors (Lipinski definition) is 2. The Morgan fingerprint density at radius 1 is 1.25 bits per heavy atom. The van der Waals surface area contributed by atoms with Crippen molar-refractivity contribution in [3.05, 3.63) is 12.7 Å². The molecule has 0 saturated carbocycles. The van der Waals surface area contributed by atoms with Crippen molar-refractivity contribution in [2.45, 2.75) is 82.5 Å². The fraction of sp³-hybridized carbons (Fsp3) is 0.792. The van der Waals surface area contributed by atoms with Crippen LogP contribution in [0.4, 0.5) is 0 Å². The Balaban J connectivity index is 2.00. The first kappa shape index (κ1) is 24.7. The molecule has 3 saturated heterocycles. The highest BCUT2D eigenvalue weighted by molar-refractivity contribution is 5.98. The minimum Gasteiger partial charge on any atom is -0.481 e. The lowest BCUT2D eigenvalue weighted by molar-refractivity contribution is -0.157. The molecule has 3 aliphatic rings. The van der Waals surface area contributed by atoms with Crippen molar-refractivity contribution < 1.29 is 29.3 Å². The highest BCUT2D eigenvalue weighted by atomic mass is 16.5. The molecule has 3 fully saturated rings. The summed E-state index contributed by atoms with van der Waals surface area (Å²) in [7, 11) is 0. The van der Waals surface area contributed by atoms with Crippen LogP contribution in [0.3, 0.4) is 0 Å². The molecule has 0 aliphatic carbocycles. The topological polar surface area (TPSA) is 107 Å². The number of likely N-dealkylation sites (tertiary alicyclic amines) is 1. The average Bonchev–Trinajstić information content (AvgIpc) is 3.37. The van der Waals surface area contributed by atoms with Gasteiger partial charge in [-0.05, 0) is 44.9 Å². The number of carboxylic acids is 1. The monoisotopic (exact) mass is 450 g/mol. The van der Waals surface area contributed by atoms with Gasteiger partial charge in [0, 0.05) is 26.2 Å². The van der Waals surface area contributed by atoms with Crippen LogP contribution < -0.4 is 0 Å². The molecule has 3 heterocycles. The molecule has 2 bridgehead atoms. The lowest BCUT2D eigenvalue weighted by atomic mass is 9.65. The number of nitrogens with zero attached hydrogens (tertiary/aromatic N) is 2. The van der Waals surface area contributed by atoms with E-state index in [4.69, 9.17) is 9.84 Å². The van der Waals surface area contributed by atoms with Gasteiger partial charge in [-0.2, -0.15) is 0 Å². The van der Waals surface area contributed by atoms with E-state index >= 15 is 0 Å². The lowest BCUT2D eigenvalue weighted by Gasteiger charge is -2.37. The van der Waals surface area contributed by atoms with Gasteiger partial charge in [-0.25, -0.2) is 0 Å². The van der Waals surface area contributed by atoms with Crippen LogP contribution in [0.25, 0.3) is 0 Å². The molecule has 2 N–H and O–H groups in total. The average molecular weight is 451 g/mol. The first-order valence-corrected chi connectivity index (χ1v) is 12.1. The van der Waals surface area contributed by atoms with Gasteiger partial charge in [-0.15, -0.1) is 6.58 Å². The van der Waals surface area contributed by atoms with E-state index in [-0.39, 0.29) is 18.4 Å². The summed E-state index contributed by atoms with van der Waals surface area (Å²) in [5.74, 6) is -3.24. The Labute approximate surface area is 190 Å². The van der Waals surface area contributed by atoms with E-state index in [9.17, 15) is 19.5 Å². The number of carbonyl (C=O) groups excluding carboxylic acids is 2. The number of unbranched alkanes of at least 4 members (excludes halogenated alkanes) is 3. The van der Waals surface area contributed by atoms with E-state index in [1.54, 1.807) is 15.9 Å². The third-order valence-electron chi connectivity index (χ3n) is 7.68. The number of carbonyl (C=O) groups is 3. The minimum absolute atomic E-state index is 0.0796. The van der Waals surface area contributed by atoms with Gasteiger partial charge >= 0.3 is 5.97 Å². The fourth-order valence-electron chi connectivity index (χ4n) is 6.15. The summed E-state index contributed by atoms with van der Waals surface area (Å²) in [5.41, 5.74) is -1.98. The molecule has 5 atom stereocenters. The van der Waals surface area contributed by atoms with Crippen LogP contribution in [0.2, 0.25) is 0 Å². The number of aliphatic hydroxyl groups is 1. The predicted octanol–water partition coefficient (Wildman–Crippen LogP) is 2.20. The second kappa shape index (κ2) is 9.91. The third kappa shape index (κ3) is 3.85. The quantitative estimate of drug-likeness (QED) is 0.329. The van der Waals surface area contributed by atoms with Crippen LogP contribution in [-0.2, 0) is 19.1 Å². The van der Waals surface area contributed by atoms with E-state index in [2.05, 4.69) is 13.5 Å². The summed E-state index contributed by atoms with van der Waals surface area (Å²) in [6.45, 7) is 9.12. The van der Waals surface area contributed by atoms with Crippen LogP contribution >= 0.6 is 0 Å². The minimum atomic E-state index is -1.09. The SMILES string of the molecule is C=CCN(CCCC)C(=O)C1N(CCCCCO)C(=O)[C@@H]2[C@H](C(=O)O)[C@]3(CC)CCC12O3. The molecule has 3 aliphatic heterocycles. The highest BCUT2D eigenvalue weighted by Gasteiger charge is 2.78. The molecule has 2 unspecified atom stereocenters. The molecule has 0 aromatic heterocycles. The number of fused-ring (bicyclic) bond motifs is 1.